The number of aryl methyl sites for hydroxylation is 2. The summed E-state index contributed by atoms with van der Waals surface area (Å²) in [6, 6.07) is 10.3. The quantitative estimate of drug-likeness (QED) is 0.801. The summed E-state index contributed by atoms with van der Waals surface area (Å²) >= 11 is 0. The van der Waals surface area contributed by atoms with E-state index in [0.29, 0.717) is 22.5 Å². The van der Waals surface area contributed by atoms with Crippen molar-refractivity contribution in [2.75, 3.05) is 5.32 Å². The molecule has 2 aromatic carbocycles. The number of nitrogens with zero attached hydrogens (tertiary/aromatic N) is 1. The molecule has 0 spiro atoms. The van der Waals surface area contributed by atoms with Gasteiger partial charge in [0, 0.05) is 11.1 Å². The van der Waals surface area contributed by atoms with Gasteiger partial charge >= 0.3 is 0 Å². The van der Waals surface area contributed by atoms with Crippen LogP contribution in [-0.2, 0) is 11.2 Å². The second-order valence-electron chi connectivity index (χ2n) is 5.32. The maximum atomic E-state index is 13.5. The van der Waals surface area contributed by atoms with Crippen molar-refractivity contribution in [3.8, 4) is 0 Å². The average Bonchev–Trinajstić information content (AvgIpc) is 2.85. The molecule has 0 bridgehead atoms. The fourth-order valence-electron chi connectivity index (χ4n) is 2.26. The number of hydrogen-bond acceptors (Lipinski definition) is 3. The van der Waals surface area contributed by atoms with Gasteiger partial charge in [0.15, 0.2) is 5.58 Å². The molecule has 3 aromatic rings. The van der Waals surface area contributed by atoms with Crippen LogP contribution in [0, 0.1) is 19.7 Å². The molecule has 0 fully saturated rings. The molecule has 4 nitrogen and oxygen atoms in total. The molecule has 0 saturated carbocycles. The first-order valence-corrected chi connectivity index (χ1v) is 6.94. The first kappa shape index (κ1) is 14.3. The molecular weight excluding hydrogens is 283 g/mol. The maximum absolute atomic E-state index is 13.5. The van der Waals surface area contributed by atoms with Gasteiger partial charge in [-0.3, -0.25) is 4.79 Å². The molecule has 0 aliphatic heterocycles. The molecule has 1 amide bonds. The van der Waals surface area contributed by atoms with Crippen LogP contribution >= 0.6 is 0 Å². The van der Waals surface area contributed by atoms with E-state index in [-0.39, 0.29) is 18.1 Å². The lowest BCUT2D eigenvalue weighted by atomic mass is 10.1. The third-order valence-electron chi connectivity index (χ3n) is 3.48. The van der Waals surface area contributed by atoms with Crippen LogP contribution in [0.1, 0.15) is 16.8 Å². The van der Waals surface area contributed by atoms with E-state index in [4.69, 9.17) is 4.52 Å². The summed E-state index contributed by atoms with van der Waals surface area (Å²) in [5, 5.41) is 7.43. The predicted molar refractivity (Wildman–Crippen MR) is 82.2 cm³/mol. The van der Waals surface area contributed by atoms with Gasteiger partial charge in [0.25, 0.3) is 0 Å². The number of benzene rings is 2. The SMILES string of the molecule is Cc1ccc2onc(CC(=O)Nc3ccc(C)c(F)c3)c2c1. The zero-order chi connectivity index (χ0) is 15.7. The largest absolute Gasteiger partial charge is 0.356 e. The van der Waals surface area contributed by atoms with Crippen LogP contribution in [0.15, 0.2) is 40.9 Å². The number of carbonyl (C=O) groups excluding carboxylic acids is 1. The Kier molecular flexibility index (Phi) is 3.63. The van der Waals surface area contributed by atoms with E-state index in [1.54, 1.807) is 19.1 Å². The number of amides is 1. The van der Waals surface area contributed by atoms with E-state index < -0.39 is 0 Å². The molecule has 1 aromatic heterocycles. The molecule has 0 atom stereocenters. The van der Waals surface area contributed by atoms with E-state index in [1.165, 1.54) is 6.07 Å². The summed E-state index contributed by atoms with van der Waals surface area (Å²) in [6.45, 7) is 3.64. The number of carbonyl (C=O) groups is 1. The minimum Gasteiger partial charge on any atom is -0.356 e. The molecule has 1 N–H and O–H groups in total. The molecule has 0 aliphatic rings. The van der Waals surface area contributed by atoms with E-state index >= 15 is 0 Å². The second-order valence-corrected chi connectivity index (χ2v) is 5.32. The lowest BCUT2D eigenvalue weighted by Crippen LogP contribution is -2.15. The maximum Gasteiger partial charge on any atom is 0.230 e. The lowest BCUT2D eigenvalue weighted by molar-refractivity contribution is -0.115. The van der Waals surface area contributed by atoms with Crippen LogP contribution in [0.4, 0.5) is 10.1 Å². The molecule has 0 aliphatic carbocycles. The third-order valence-corrected chi connectivity index (χ3v) is 3.48. The highest BCUT2D eigenvalue weighted by Crippen LogP contribution is 2.21. The Bertz CT molecular complexity index is 855. The number of aromatic nitrogens is 1. The number of halogens is 1. The Morgan fingerprint density at radius 2 is 2.05 bits per heavy atom. The van der Waals surface area contributed by atoms with Gasteiger partial charge in [-0.25, -0.2) is 4.39 Å². The van der Waals surface area contributed by atoms with Crippen molar-refractivity contribution in [3.63, 3.8) is 0 Å². The van der Waals surface area contributed by atoms with Crippen LogP contribution in [0.2, 0.25) is 0 Å². The second kappa shape index (κ2) is 5.60. The van der Waals surface area contributed by atoms with Crippen molar-refractivity contribution in [2.45, 2.75) is 20.3 Å². The van der Waals surface area contributed by atoms with Gasteiger partial charge in [0.05, 0.1) is 6.42 Å². The van der Waals surface area contributed by atoms with Crippen molar-refractivity contribution in [3.05, 3.63) is 59.0 Å². The van der Waals surface area contributed by atoms with Crippen LogP contribution < -0.4 is 5.32 Å². The van der Waals surface area contributed by atoms with E-state index in [2.05, 4.69) is 10.5 Å². The van der Waals surface area contributed by atoms with Crippen LogP contribution in [0.3, 0.4) is 0 Å². The highest BCUT2D eigenvalue weighted by molar-refractivity contribution is 5.94. The molecule has 22 heavy (non-hydrogen) atoms. The van der Waals surface area contributed by atoms with Crippen molar-refractivity contribution in [2.24, 2.45) is 0 Å². The standard InChI is InChI=1S/C17H15FN2O2/c1-10-3-6-16-13(7-10)15(20-22-16)9-17(21)19-12-5-4-11(2)14(18)8-12/h3-8H,9H2,1-2H3,(H,19,21). The van der Waals surface area contributed by atoms with E-state index in [9.17, 15) is 9.18 Å². The Morgan fingerprint density at radius 3 is 2.82 bits per heavy atom. The normalized spacial score (nSPS) is 10.9. The number of rotatable bonds is 3. The molecule has 112 valence electrons. The minimum absolute atomic E-state index is 0.0753. The van der Waals surface area contributed by atoms with Crippen molar-refractivity contribution in [1.82, 2.24) is 5.16 Å². The van der Waals surface area contributed by atoms with Crippen LogP contribution in [0.25, 0.3) is 11.0 Å². The molecule has 0 unspecified atom stereocenters. The Labute approximate surface area is 126 Å². The van der Waals surface area contributed by atoms with Gasteiger partial charge < -0.3 is 9.84 Å². The first-order chi connectivity index (χ1) is 10.5. The van der Waals surface area contributed by atoms with Crippen molar-refractivity contribution < 1.29 is 13.7 Å². The van der Waals surface area contributed by atoms with Gasteiger partial charge in [0.2, 0.25) is 5.91 Å². The summed E-state index contributed by atoms with van der Waals surface area (Å²) < 4.78 is 18.7. The third kappa shape index (κ3) is 2.83. The lowest BCUT2D eigenvalue weighted by Gasteiger charge is -2.05. The number of fused-ring (bicyclic) bond motifs is 1. The molecular formula is C17H15FN2O2. The van der Waals surface area contributed by atoms with Gasteiger partial charge in [-0.15, -0.1) is 0 Å². The van der Waals surface area contributed by atoms with Crippen molar-refractivity contribution >= 4 is 22.6 Å². The Morgan fingerprint density at radius 1 is 1.23 bits per heavy atom. The monoisotopic (exact) mass is 298 g/mol. The molecule has 0 saturated heterocycles. The molecule has 1 heterocycles. The van der Waals surface area contributed by atoms with Crippen LogP contribution in [-0.4, -0.2) is 11.1 Å². The van der Waals surface area contributed by atoms with Crippen LogP contribution in [0.5, 0.6) is 0 Å². The Balaban J connectivity index is 1.78. The average molecular weight is 298 g/mol. The zero-order valence-electron chi connectivity index (χ0n) is 12.3. The summed E-state index contributed by atoms with van der Waals surface area (Å²) in [5.74, 6) is -0.611. The van der Waals surface area contributed by atoms with Crippen molar-refractivity contribution in [1.29, 1.82) is 0 Å². The van der Waals surface area contributed by atoms with Gasteiger partial charge in [-0.05, 0) is 43.7 Å². The highest BCUT2D eigenvalue weighted by atomic mass is 19.1. The predicted octanol–water partition coefficient (Wildman–Crippen LogP) is 3.76. The number of anilines is 1. The molecule has 0 radical (unpaired) electrons. The van der Waals surface area contributed by atoms with E-state index in [1.807, 2.05) is 25.1 Å². The zero-order valence-corrected chi connectivity index (χ0v) is 12.3. The van der Waals surface area contributed by atoms with E-state index in [0.717, 1.165) is 10.9 Å². The number of hydrogen-bond donors (Lipinski definition) is 1. The fraction of sp³-hybridized carbons (Fsp3) is 0.176. The summed E-state index contributed by atoms with van der Waals surface area (Å²) in [6.07, 6.45) is 0.0753. The molecule has 3 rings (SSSR count). The number of nitrogens with one attached hydrogen (secondary N) is 1. The summed E-state index contributed by atoms with van der Waals surface area (Å²) in [7, 11) is 0. The first-order valence-electron chi connectivity index (χ1n) is 6.94. The van der Waals surface area contributed by atoms with Gasteiger partial charge in [-0.2, -0.15) is 0 Å². The fourth-order valence-corrected chi connectivity index (χ4v) is 2.26. The Hall–Kier alpha value is -2.69. The minimum atomic E-state index is -0.347. The van der Waals surface area contributed by atoms with Gasteiger partial charge in [0.1, 0.15) is 11.5 Å². The summed E-state index contributed by atoms with van der Waals surface area (Å²) in [5.41, 5.74) is 3.25. The highest BCUT2D eigenvalue weighted by Gasteiger charge is 2.13. The smallest absolute Gasteiger partial charge is 0.230 e. The topological polar surface area (TPSA) is 55.1 Å². The molecule has 5 heteroatoms. The van der Waals surface area contributed by atoms with Gasteiger partial charge in [-0.1, -0.05) is 22.9 Å². The summed E-state index contributed by atoms with van der Waals surface area (Å²) in [4.78, 5) is 12.1.